The highest BCUT2D eigenvalue weighted by Crippen LogP contribution is 2.20. The van der Waals surface area contributed by atoms with E-state index in [1.54, 1.807) is 43.1 Å². The van der Waals surface area contributed by atoms with E-state index in [1.165, 1.54) is 24.3 Å². The quantitative estimate of drug-likeness (QED) is 0.386. The highest BCUT2D eigenvalue weighted by molar-refractivity contribution is 7.99. The number of rotatable bonds is 9. The molecule has 8 heteroatoms. The zero-order valence-electron chi connectivity index (χ0n) is 16.4. The fourth-order valence-corrected chi connectivity index (χ4v) is 4.46. The first-order valence-corrected chi connectivity index (χ1v) is 11.7. The molecule has 0 bridgehead atoms. The van der Waals surface area contributed by atoms with Gasteiger partial charge in [0.25, 0.3) is 15.9 Å². The first-order valence-electron chi connectivity index (χ1n) is 9.21. The lowest BCUT2D eigenvalue weighted by molar-refractivity contribution is 0.0956. The monoisotopic (exact) mass is 442 g/mol. The molecule has 0 aliphatic carbocycles. The van der Waals surface area contributed by atoms with Gasteiger partial charge < -0.3 is 10.1 Å². The van der Waals surface area contributed by atoms with Crippen LogP contribution in [-0.2, 0) is 10.0 Å². The number of ether oxygens (including phenoxy) is 1. The second kappa shape index (κ2) is 10.2. The van der Waals surface area contributed by atoms with E-state index in [0.29, 0.717) is 23.5 Å². The Labute approximate surface area is 180 Å². The SMILES string of the molecule is COc1ccc(NS(=O)(=O)c2ccc(C(=O)NCCSc3ccccc3)cc2)cc1. The maximum atomic E-state index is 12.5. The molecule has 1 amide bonds. The molecule has 0 heterocycles. The van der Waals surface area contributed by atoms with Crippen LogP contribution < -0.4 is 14.8 Å². The smallest absolute Gasteiger partial charge is 0.261 e. The van der Waals surface area contributed by atoms with Crippen molar-refractivity contribution in [3.63, 3.8) is 0 Å². The fraction of sp³-hybridized carbons (Fsp3) is 0.136. The van der Waals surface area contributed by atoms with Gasteiger partial charge in [0.15, 0.2) is 0 Å². The molecule has 156 valence electrons. The van der Waals surface area contributed by atoms with Gasteiger partial charge in [-0.2, -0.15) is 0 Å². The Morgan fingerprint density at radius 1 is 0.933 bits per heavy atom. The standard InChI is InChI=1S/C22H22N2O4S2/c1-28-19-11-9-18(10-12-19)24-30(26,27)21-13-7-17(8-14-21)22(25)23-15-16-29-20-5-3-2-4-6-20/h2-14,24H,15-16H2,1H3,(H,23,25). The molecule has 0 saturated heterocycles. The molecule has 0 saturated carbocycles. The number of hydrogen-bond acceptors (Lipinski definition) is 5. The third-order valence-corrected chi connectivity index (χ3v) is 6.58. The van der Waals surface area contributed by atoms with Crippen LogP contribution in [0, 0.1) is 0 Å². The number of sulfonamides is 1. The zero-order chi connectivity index (χ0) is 21.4. The number of carbonyl (C=O) groups excluding carboxylic acids is 1. The summed E-state index contributed by atoms with van der Waals surface area (Å²) >= 11 is 1.66. The van der Waals surface area contributed by atoms with E-state index >= 15 is 0 Å². The Morgan fingerprint density at radius 3 is 2.23 bits per heavy atom. The largest absolute Gasteiger partial charge is 0.497 e. The van der Waals surface area contributed by atoms with Crippen LogP contribution in [0.3, 0.4) is 0 Å². The van der Waals surface area contributed by atoms with Crippen LogP contribution in [0.5, 0.6) is 5.75 Å². The Kier molecular flexibility index (Phi) is 7.37. The van der Waals surface area contributed by atoms with Crippen LogP contribution in [0.1, 0.15) is 10.4 Å². The van der Waals surface area contributed by atoms with Crippen molar-refractivity contribution in [3.05, 3.63) is 84.4 Å². The minimum absolute atomic E-state index is 0.0782. The van der Waals surface area contributed by atoms with E-state index in [9.17, 15) is 13.2 Å². The Balaban J connectivity index is 1.54. The van der Waals surface area contributed by atoms with Crippen molar-refractivity contribution in [1.29, 1.82) is 0 Å². The fourth-order valence-electron chi connectivity index (χ4n) is 2.61. The first kappa shape index (κ1) is 21.7. The van der Waals surface area contributed by atoms with Crippen LogP contribution in [0.25, 0.3) is 0 Å². The van der Waals surface area contributed by atoms with Gasteiger partial charge in [0, 0.05) is 28.4 Å². The molecular weight excluding hydrogens is 420 g/mol. The molecule has 0 radical (unpaired) electrons. The number of anilines is 1. The average molecular weight is 443 g/mol. The second-order valence-corrected chi connectivity index (χ2v) is 9.13. The Bertz CT molecular complexity index is 1070. The number of carbonyl (C=O) groups is 1. The predicted octanol–water partition coefficient (Wildman–Crippen LogP) is 4.02. The van der Waals surface area contributed by atoms with Gasteiger partial charge in [-0.15, -0.1) is 11.8 Å². The summed E-state index contributed by atoms with van der Waals surface area (Å²) < 4.78 is 32.6. The number of methoxy groups -OCH3 is 1. The van der Waals surface area contributed by atoms with Gasteiger partial charge >= 0.3 is 0 Å². The van der Waals surface area contributed by atoms with E-state index in [4.69, 9.17) is 4.74 Å². The highest BCUT2D eigenvalue weighted by Gasteiger charge is 2.15. The van der Waals surface area contributed by atoms with E-state index in [1.807, 2.05) is 30.3 Å². The van der Waals surface area contributed by atoms with Crippen molar-refractivity contribution in [2.24, 2.45) is 0 Å². The van der Waals surface area contributed by atoms with Crippen molar-refractivity contribution in [2.75, 3.05) is 24.1 Å². The number of nitrogens with one attached hydrogen (secondary N) is 2. The predicted molar refractivity (Wildman–Crippen MR) is 120 cm³/mol. The second-order valence-electron chi connectivity index (χ2n) is 6.28. The van der Waals surface area contributed by atoms with Gasteiger partial charge in [0.2, 0.25) is 0 Å². The van der Waals surface area contributed by atoms with E-state index in [2.05, 4.69) is 10.0 Å². The molecule has 0 aromatic heterocycles. The molecule has 0 spiro atoms. The van der Waals surface area contributed by atoms with E-state index in [-0.39, 0.29) is 10.8 Å². The van der Waals surface area contributed by atoms with Crippen LogP contribution in [0.2, 0.25) is 0 Å². The van der Waals surface area contributed by atoms with Gasteiger partial charge in [-0.25, -0.2) is 8.42 Å². The normalized spacial score (nSPS) is 11.0. The summed E-state index contributed by atoms with van der Waals surface area (Å²) in [6.45, 7) is 0.511. The summed E-state index contributed by atoms with van der Waals surface area (Å²) in [6, 6.07) is 22.4. The van der Waals surface area contributed by atoms with Crippen LogP contribution in [0.4, 0.5) is 5.69 Å². The third-order valence-electron chi connectivity index (χ3n) is 4.17. The summed E-state index contributed by atoms with van der Waals surface area (Å²) in [5.74, 6) is 1.14. The van der Waals surface area contributed by atoms with Crippen LogP contribution >= 0.6 is 11.8 Å². The molecule has 0 aliphatic heterocycles. The number of benzene rings is 3. The van der Waals surface area contributed by atoms with Gasteiger partial charge in [0.05, 0.1) is 12.0 Å². The number of thioether (sulfide) groups is 1. The molecule has 3 rings (SSSR count). The Morgan fingerprint density at radius 2 is 1.60 bits per heavy atom. The van der Waals surface area contributed by atoms with Crippen LogP contribution in [-0.4, -0.2) is 33.7 Å². The summed E-state index contributed by atoms with van der Waals surface area (Å²) in [4.78, 5) is 13.5. The van der Waals surface area contributed by atoms with Crippen LogP contribution in [0.15, 0.2) is 88.7 Å². The molecule has 2 N–H and O–H groups in total. The molecule has 0 fully saturated rings. The van der Waals surface area contributed by atoms with Crippen molar-refractivity contribution >= 4 is 33.4 Å². The summed E-state index contributed by atoms with van der Waals surface area (Å²) in [6.07, 6.45) is 0. The van der Waals surface area contributed by atoms with Gasteiger partial charge in [-0.1, -0.05) is 18.2 Å². The molecule has 0 aliphatic rings. The minimum atomic E-state index is -3.75. The molecule has 0 unspecified atom stereocenters. The zero-order valence-corrected chi connectivity index (χ0v) is 18.0. The molecule has 3 aromatic rings. The van der Waals surface area contributed by atoms with Crippen molar-refractivity contribution < 1.29 is 17.9 Å². The summed E-state index contributed by atoms with van der Waals surface area (Å²) in [5.41, 5.74) is 0.830. The van der Waals surface area contributed by atoms with E-state index in [0.717, 1.165) is 10.6 Å². The third kappa shape index (κ3) is 6.01. The Hall–Kier alpha value is -2.97. The number of amides is 1. The van der Waals surface area contributed by atoms with Crippen molar-refractivity contribution in [2.45, 2.75) is 9.79 Å². The van der Waals surface area contributed by atoms with E-state index < -0.39 is 10.0 Å². The van der Waals surface area contributed by atoms with Crippen molar-refractivity contribution in [1.82, 2.24) is 5.32 Å². The lowest BCUT2D eigenvalue weighted by atomic mass is 10.2. The van der Waals surface area contributed by atoms with Gasteiger partial charge in [-0.3, -0.25) is 9.52 Å². The maximum absolute atomic E-state index is 12.5. The van der Waals surface area contributed by atoms with Crippen molar-refractivity contribution in [3.8, 4) is 5.75 Å². The average Bonchev–Trinajstić information content (AvgIpc) is 2.77. The maximum Gasteiger partial charge on any atom is 0.261 e. The van der Waals surface area contributed by atoms with Gasteiger partial charge in [0.1, 0.15) is 5.75 Å². The summed E-state index contributed by atoms with van der Waals surface area (Å²) in [5, 5.41) is 2.84. The summed E-state index contributed by atoms with van der Waals surface area (Å²) in [7, 11) is -2.21. The number of hydrogen-bond donors (Lipinski definition) is 2. The highest BCUT2D eigenvalue weighted by atomic mass is 32.2. The minimum Gasteiger partial charge on any atom is -0.497 e. The van der Waals surface area contributed by atoms with Gasteiger partial charge in [-0.05, 0) is 60.7 Å². The topological polar surface area (TPSA) is 84.5 Å². The lowest BCUT2D eigenvalue weighted by Gasteiger charge is -2.10. The molecule has 30 heavy (non-hydrogen) atoms. The molecule has 0 atom stereocenters. The molecule has 3 aromatic carbocycles. The first-order chi connectivity index (χ1) is 14.5. The molecule has 6 nitrogen and oxygen atoms in total. The lowest BCUT2D eigenvalue weighted by Crippen LogP contribution is -2.25. The molecular formula is C22H22N2O4S2.